The fourth-order valence-electron chi connectivity index (χ4n) is 5.06. The molecule has 3 rings (SSSR count). The molecule has 0 heterocycles. The fourth-order valence-corrected chi connectivity index (χ4v) is 5.24. The third-order valence-corrected chi connectivity index (χ3v) is 7.02. The molecule has 0 aromatic heterocycles. The monoisotopic (exact) mass is 364 g/mol. The van der Waals surface area contributed by atoms with Crippen LogP contribution in [-0.4, -0.2) is 6.21 Å². The summed E-state index contributed by atoms with van der Waals surface area (Å²) in [5, 5.41) is 7.27. The van der Waals surface area contributed by atoms with Crippen molar-refractivity contribution < 1.29 is 4.39 Å². The molecule has 3 N–H and O–H groups in total. The molecule has 0 bridgehead atoms. The van der Waals surface area contributed by atoms with Crippen LogP contribution in [-0.2, 0) is 0 Å². The van der Waals surface area contributed by atoms with Crippen molar-refractivity contribution in [2.24, 2.45) is 17.8 Å². The molecule has 2 aliphatic rings. The molecule has 2 nitrogen and oxygen atoms in total. The van der Waals surface area contributed by atoms with Gasteiger partial charge in [0, 0.05) is 0 Å². The van der Waals surface area contributed by atoms with Gasteiger partial charge in [-0.15, -0.1) is 0 Å². The molecule has 0 amide bonds. The third kappa shape index (κ3) is 4.36. The second kappa shape index (κ2) is 8.53. The molecule has 0 radical (unpaired) electrons. The van der Waals surface area contributed by atoms with Crippen molar-refractivity contribution in [2.45, 2.75) is 70.1 Å². The van der Waals surface area contributed by atoms with Crippen molar-refractivity contribution in [3.05, 3.63) is 28.5 Å². The number of anilines is 1. The van der Waals surface area contributed by atoms with E-state index in [0.717, 1.165) is 42.6 Å². The number of hydrogen-bond donors (Lipinski definition) is 2. The van der Waals surface area contributed by atoms with Crippen LogP contribution in [0, 0.1) is 29.0 Å². The number of rotatable bonds is 5. The Balaban J connectivity index is 1.51. The molecule has 0 atom stereocenters. The first-order valence-electron chi connectivity index (χ1n) is 9.82. The average Bonchev–Trinajstić information content (AvgIpc) is 2.65. The van der Waals surface area contributed by atoms with Crippen molar-refractivity contribution in [3.63, 3.8) is 0 Å². The van der Waals surface area contributed by atoms with Crippen molar-refractivity contribution in [1.29, 1.82) is 5.41 Å². The zero-order valence-corrected chi connectivity index (χ0v) is 15.7. The molecule has 2 saturated carbocycles. The van der Waals surface area contributed by atoms with E-state index in [4.69, 9.17) is 22.7 Å². The van der Waals surface area contributed by atoms with E-state index in [1.807, 2.05) is 6.07 Å². The molecule has 0 spiro atoms. The van der Waals surface area contributed by atoms with Gasteiger partial charge in [0.2, 0.25) is 0 Å². The summed E-state index contributed by atoms with van der Waals surface area (Å²) in [4.78, 5) is 0. The molecule has 138 valence electrons. The summed E-state index contributed by atoms with van der Waals surface area (Å²) in [5.74, 6) is 2.49. The second-order valence-electron chi connectivity index (χ2n) is 8.05. The van der Waals surface area contributed by atoms with E-state index in [1.54, 1.807) is 12.3 Å². The van der Waals surface area contributed by atoms with Crippen LogP contribution >= 0.6 is 11.6 Å². The van der Waals surface area contributed by atoms with Crippen LogP contribution in [0.2, 0.25) is 5.02 Å². The van der Waals surface area contributed by atoms with Crippen LogP contribution < -0.4 is 5.73 Å². The molecule has 0 saturated heterocycles. The predicted octanol–water partition coefficient (Wildman–Crippen LogP) is 6.57. The zero-order chi connectivity index (χ0) is 17.8. The van der Waals surface area contributed by atoms with Crippen molar-refractivity contribution in [1.82, 2.24) is 0 Å². The van der Waals surface area contributed by atoms with E-state index >= 15 is 0 Å². The van der Waals surface area contributed by atoms with Crippen LogP contribution in [0.3, 0.4) is 0 Å². The maximum absolute atomic E-state index is 14.4. The second-order valence-corrected chi connectivity index (χ2v) is 8.42. The Hall–Kier alpha value is -1.09. The van der Waals surface area contributed by atoms with Gasteiger partial charge in [0.1, 0.15) is 5.82 Å². The van der Waals surface area contributed by atoms with Gasteiger partial charge in [0.05, 0.1) is 10.7 Å². The Kier molecular flexibility index (Phi) is 6.38. The minimum atomic E-state index is -0.308. The van der Waals surface area contributed by atoms with Gasteiger partial charge in [-0.1, -0.05) is 30.5 Å². The molecule has 0 unspecified atom stereocenters. The van der Waals surface area contributed by atoms with E-state index in [1.165, 1.54) is 44.9 Å². The SMILES string of the molecule is N=CCCC1CCC(C2CCC(c3ccc(N)c(Cl)c3F)CC2)CC1. The van der Waals surface area contributed by atoms with Crippen molar-refractivity contribution >= 4 is 23.5 Å². The van der Waals surface area contributed by atoms with Crippen molar-refractivity contribution in [2.75, 3.05) is 5.73 Å². The molecular formula is C21H30ClFN2. The normalized spacial score (nSPS) is 30.2. The molecule has 25 heavy (non-hydrogen) atoms. The molecular weight excluding hydrogens is 335 g/mol. The van der Waals surface area contributed by atoms with Gasteiger partial charge < -0.3 is 11.1 Å². The molecule has 4 heteroatoms. The number of hydrogen-bond acceptors (Lipinski definition) is 2. The van der Waals surface area contributed by atoms with E-state index in [0.29, 0.717) is 11.6 Å². The highest BCUT2D eigenvalue weighted by Crippen LogP contribution is 2.45. The van der Waals surface area contributed by atoms with Gasteiger partial charge in [-0.3, -0.25) is 0 Å². The van der Waals surface area contributed by atoms with E-state index in [2.05, 4.69) is 0 Å². The minimum absolute atomic E-state index is 0.0860. The Morgan fingerprint density at radius 3 is 2.24 bits per heavy atom. The third-order valence-electron chi connectivity index (χ3n) is 6.63. The molecule has 2 aliphatic carbocycles. The van der Waals surface area contributed by atoms with Gasteiger partial charge in [0.25, 0.3) is 0 Å². The van der Waals surface area contributed by atoms with Gasteiger partial charge in [0.15, 0.2) is 0 Å². The van der Waals surface area contributed by atoms with Crippen LogP contribution in [0.15, 0.2) is 12.1 Å². The van der Waals surface area contributed by atoms with Crippen LogP contribution in [0.4, 0.5) is 10.1 Å². The fraction of sp³-hybridized carbons (Fsp3) is 0.667. The lowest BCUT2D eigenvalue weighted by Gasteiger charge is -2.38. The molecule has 1 aromatic rings. The van der Waals surface area contributed by atoms with Crippen LogP contribution in [0.5, 0.6) is 0 Å². The quantitative estimate of drug-likeness (QED) is 0.450. The van der Waals surface area contributed by atoms with Crippen LogP contribution in [0.25, 0.3) is 0 Å². The molecule has 1 aromatic carbocycles. The minimum Gasteiger partial charge on any atom is -0.397 e. The highest BCUT2D eigenvalue weighted by molar-refractivity contribution is 6.33. The first kappa shape index (κ1) is 18.7. The molecule has 0 aliphatic heterocycles. The van der Waals surface area contributed by atoms with Gasteiger partial charge in [-0.2, -0.15) is 0 Å². The number of halogens is 2. The number of nitrogens with one attached hydrogen (secondary N) is 1. The predicted molar refractivity (Wildman–Crippen MR) is 104 cm³/mol. The average molecular weight is 365 g/mol. The first-order valence-corrected chi connectivity index (χ1v) is 10.2. The molecule has 2 fully saturated rings. The Bertz CT molecular complexity index is 588. The maximum Gasteiger partial charge on any atom is 0.147 e. The van der Waals surface area contributed by atoms with Gasteiger partial charge in [-0.05, 0) is 92.9 Å². The van der Waals surface area contributed by atoms with Crippen molar-refractivity contribution in [3.8, 4) is 0 Å². The van der Waals surface area contributed by atoms with Gasteiger partial charge in [-0.25, -0.2) is 4.39 Å². The lowest BCUT2D eigenvalue weighted by Crippen LogP contribution is -2.25. The summed E-state index contributed by atoms with van der Waals surface area (Å²) < 4.78 is 14.4. The number of benzene rings is 1. The lowest BCUT2D eigenvalue weighted by atomic mass is 9.68. The summed E-state index contributed by atoms with van der Waals surface area (Å²) in [6, 6.07) is 3.57. The summed E-state index contributed by atoms with van der Waals surface area (Å²) in [5.41, 5.74) is 6.78. The summed E-state index contributed by atoms with van der Waals surface area (Å²) in [6.45, 7) is 0. The topological polar surface area (TPSA) is 49.9 Å². The number of nitrogen functional groups attached to an aromatic ring is 1. The van der Waals surface area contributed by atoms with E-state index in [9.17, 15) is 4.39 Å². The maximum atomic E-state index is 14.4. The lowest BCUT2D eigenvalue weighted by molar-refractivity contribution is 0.157. The highest BCUT2D eigenvalue weighted by atomic mass is 35.5. The van der Waals surface area contributed by atoms with Crippen LogP contribution in [0.1, 0.15) is 75.7 Å². The largest absolute Gasteiger partial charge is 0.397 e. The summed E-state index contributed by atoms with van der Waals surface area (Å²) in [6.07, 6.45) is 13.6. The smallest absolute Gasteiger partial charge is 0.147 e. The summed E-state index contributed by atoms with van der Waals surface area (Å²) in [7, 11) is 0. The van der Waals surface area contributed by atoms with E-state index < -0.39 is 0 Å². The zero-order valence-electron chi connectivity index (χ0n) is 14.9. The number of nitrogens with two attached hydrogens (primary N) is 1. The van der Waals surface area contributed by atoms with E-state index in [-0.39, 0.29) is 10.8 Å². The Morgan fingerprint density at radius 1 is 1.04 bits per heavy atom. The highest BCUT2D eigenvalue weighted by Gasteiger charge is 2.32. The first-order chi connectivity index (χ1) is 12.1. The Morgan fingerprint density at radius 2 is 1.64 bits per heavy atom. The summed E-state index contributed by atoms with van der Waals surface area (Å²) >= 11 is 5.99. The standard InChI is InChI=1S/C21H30ClFN2/c22-20-19(25)12-11-18(21(20)23)17-9-7-16(8-10-17)15-5-3-14(4-6-15)2-1-13-24/h11-17,24H,1-10,25H2. The Labute approximate surface area is 155 Å². The van der Waals surface area contributed by atoms with Gasteiger partial charge >= 0.3 is 0 Å².